The van der Waals surface area contributed by atoms with E-state index in [1.54, 1.807) is 0 Å². The van der Waals surface area contributed by atoms with Gasteiger partial charge in [0.2, 0.25) is 0 Å². The molecule has 0 aliphatic rings. The number of hydrogen-bond donors (Lipinski definition) is 2. The van der Waals surface area contributed by atoms with Crippen molar-refractivity contribution in [3.63, 3.8) is 0 Å². The normalized spacial score (nSPS) is 13.3. The van der Waals surface area contributed by atoms with Crippen LogP contribution in [0, 0.1) is 5.92 Å². The van der Waals surface area contributed by atoms with E-state index in [1.165, 1.54) is 10.9 Å². The molecule has 2 atom stereocenters. The van der Waals surface area contributed by atoms with Gasteiger partial charge in [-0.2, -0.15) is 5.10 Å². The van der Waals surface area contributed by atoms with Crippen LogP contribution in [0.2, 0.25) is 5.02 Å². The summed E-state index contributed by atoms with van der Waals surface area (Å²) in [6.07, 6.45) is 2.07. The monoisotopic (exact) mass is 349 g/mol. The minimum atomic E-state index is -0.992. The second-order valence-electron chi connectivity index (χ2n) is 5.67. The fraction of sp³-hybridized carbons (Fsp3) is 0.353. The first-order valence-electron chi connectivity index (χ1n) is 7.73. The van der Waals surface area contributed by atoms with Gasteiger partial charge in [0.15, 0.2) is 0 Å². The quantitative estimate of drug-likeness (QED) is 0.803. The summed E-state index contributed by atoms with van der Waals surface area (Å²) < 4.78 is 1.25. The molecule has 0 aliphatic carbocycles. The number of hydrogen-bond acceptors (Lipinski definition) is 4. The predicted molar refractivity (Wildman–Crippen MR) is 93.6 cm³/mol. The number of anilines is 1. The second-order valence-corrected chi connectivity index (χ2v) is 6.04. The highest BCUT2D eigenvalue weighted by Gasteiger charge is 2.25. The smallest absolute Gasteiger partial charge is 0.326 e. The van der Waals surface area contributed by atoms with Crippen LogP contribution in [0.3, 0.4) is 0 Å². The lowest BCUT2D eigenvalue weighted by molar-refractivity contribution is -0.139. The first kappa shape index (κ1) is 18.0. The van der Waals surface area contributed by atoms with Crippen LogP contribution >= 0.6 is 11.6 Å². The number of carboxylic acids is 1. The van der Waals surface area contributed by atoms with Gasteiger partial charge in [-0.3, -0.25) is 4.79 Å². The van der Waals surface area contributed by atoms with Crippen LogP contribution in [0.4, 0.5) is 5.69 Å². The number of rotatable bonds is 7. The Morgan fingerprint density at radius 1 is 1.38 bits per heavy atom. The van der Waals surface area contributed by atoms with Crippen LogP contribution in [-0.2, 0) is 11.3 Å². The highest BCUT2D eigenvalue weighted by Crippen LogP contribution is 2.20. The van der Waals surface area contributed by atoms with Crippen molar-refractivity contribution in [1.29, 1.82) is 0 Å². The fourth-order valence-corrected chi connectivity index (χ4v) is 2.49. The molecule has 0 spiro atoms. The summed E-state index contributed by atoms with van der Waals surface area (Å²) in [5.74, 6) is -1.11. The van der Waals surface area contributed by atoms with Gasteiger partial charge in [-0.15, -0.1) is 0 Å². The van der Waals surface area contributed by atoms with E-state index in [1.807, 2.05) is 44.2 Å². The van der Waals surface area contributed by atoms with E-state index in [-0.39, 0.29) is 16.6 Å². The number of nitrogens with zero attached hydrogens (tertiary/aromatic N) is 2. The van der Waals surface area contributed by atoms with Crippen molar-refractivity contribution in [3.05, 3.63) is 57.5 Å². The van der Waals surface area contributed by atoms with E-state index in [0.29, 0.717) is 13.0 Å². The third-order valence-electron chi connectivity index (χ3n) is 3.95. The van der Waals surface area contributed by atoms with E-state index >= 15 is 0 Å². The average Bonchev–Trinajstić information content (AvgIpc) is 2.58. The minimum absolute atomic E-state index is 0.0597. The van der Waals surface area contributed by atoms with Crippen LogP contribution in [0.1, 0.15) is 25.8 Å². The largest absolute Gasteiger partial charge is 0.480 e. The Kier molecular flexibility index (Phi) is 5.98. The Morgan fingerprint density at radius 2 is 2.04 bits per heavy atom. The molecule has 2 rings (SSSR count). The summed E-state index contributed by atoms with van der Waals surface area (Å²) in [6, 6.07) is 8.58. The molecule has 1 aromatic carbocycles. The van der Waals surface area contributed by atoms with E-state index in [0.717, 1.165) is 5.56 Å². The van der Waals surface area contributed by atoms with Crippen molar-refractivity contribution in [3.8, 4) is 0 Å². The van der Waals surface area contributed by atoms with Crippen molar-refractivity contribution in [1.82, 2.24) is 9.78 Å². The molecule has 0 radical (unpaired) electrons. The van der Waals surface area contributed by atoms with Crippen molar-refractivity contribution in [2.75, 3.05) is 5.32 Å². The molecule has 0 aliphatic heterocycles. The summed E-state index contributed by atoms with van der Waals surface area (Å²) in [5, 5.41) is 16.2. The third-order valence-corrected chi connectivity index (χ3v) is 4.32. The molecule has 24 heavy (non-hydrogen) atoms. The van der Waals surface area contributed by atoms with Gasteiger partial charge in [-0.1, -0.05) is 62.2 Å². The van der Waals surface area contributed by atoms with Crippen molar-refractivity contribution in [2.45, 2.75) is 32.9 Å². The number of benzene rings is 1. The lowest BCUT2D eigenvalue weighted by Crippen LogP contribution is -2.36. The SMILES string of the molecule is CC[C@H](C)[C@H](Nc1cnn(Cc2ccccc2)c(=O)c1Cl)C(=O)O. The summed E-state index contributed by atoms with van der Waals surface area (Å²) in [7, 11) is 0. The number of carbonyl (C=O) groups is 1. The first-order valence-corrected chi connectivity index (χ1v) is 8.10. The number of nitrogens with one attached hydrogen (secondary N) is 1. The Morgan fingerprint density at radius 3 is 2.62 bits per heavy atom. The van der Waals surface area contributed by atoms with Gasteiger partial charge in [-0.05, 0) is 11.5 Å². The van der Waals surface area contributed by atoms with Crippen molar-refractivity contribution >= 4 is 23.3 Å². The second kappa shape index (κ2) is 7.97. The van der Waals surface area contributed by atoms with E-state index in [9.17, 15) is 14.7 Å². The Balaban J connectivity index is 2.26. The molecule has 0 amide bonds. The van der Waals surface area contributed by atoms with Crippen molar-refractivity contribution < 1.29 is 9.90 Å². The molecular weight excluding hydrogens is 330 g/mol. The number of aromatic nitrogens is 2. The molecule has 1 heterocycles. The Hall–Kier alpha value is -2.34. The predicted octanol–water partition coefficient (Wildman–Crippen LogP) is 2.86. The zero-order valence-corrected chi connectivity index (χ0v) is 14.3. The van der Waals surface area contributed by atoms with Crippen LogP contribution < -0.4 is 10.9 Å². The summed E-state index contributed by atoms with van der Waals surface area (Å²) >= 11 is 6.13. The van der Waals surface area contributed by atoms with Crippen LogP contribution in [0.5, 0.6) is 0 Å². The molecular formula is C17H20ClN3O3. The molecule has 6 nitrogen and oxygen atoms in total. The Labute approximate surface area is 145 Å². The van der Waals surface area contributed by atoms with Crippen LogP contribution in [0.25, 0.3) is 0 Å². The first-order chi connectivity index (χ1) is 11.4. The highest BCUT2D eigenvalue weighted by molar-refractivity contribution is 6.33. The van der Waals surface area contributed by atoms with Crippen molar-refractivity contribution in [2.24, 2.45) is 5.92 Å². The topological polar surface area (TPSA) is 84.2 Å². The zero-order chi connectivity index (χ0) is 17.7. The lowest BCUT2D eigenvalue weighted by Gasteiger charge is -2.21. The van der Waals surface area contributed by atoms with E-state index in [2.05, 4.69) is 10.4 Å². The molecule has 0 fully saturated rings. The molecule has 128 valence electrons. The lowest BCUT2D eigenvalue weighted by atomic mass is 9.99. The van der Waals surface area contributed by atoms with Gasteiger partial charge in [-0.25, -0.2) is 9.48 Å². The molecule has 0 saturated heterocycles. The van der Waals surface area contributed by atoms with Crippen LogP contribution in [-0.4, -0.2) is 26.9 Å². The Bertz CT molecular complexity index is 761. The van der Waals surface area contributed by atoms with Gasteiger partial charge in [0.25, 0.3) is 5.56 Å². The standard InChI is InChI=1S/C17H20ClN3O3/c1-3-11(2)15(17(23)24)20-13-9-19-21(16(22)14(13)18)10-12-7-5-4-6-8-12/h4-9,11,15,20H,3,10H2,1-2H3,(H,23,24)/t11-,15-/m0/s1. The highest BCUT2D eigenvalue weighted by atomic mass is 35.5. The molecule has 0 bridgehead atoms. The molecule has 2 N–H and O–H groups in total. The average molecular weight is 350 g/mol. The molecule has 0 saturated carbocycles. The van der Waals surface area contributed by atoms with Gasteiger partial charge >= 0.3 is 5.97 Å². The molecule has 2 aromatic rings. The number of aliphatic carboxylic acids is 1. The molecule has 0 unspecified atom stereocenters. The summed E-state index contributed by atoms with van der Waals surface area (Å²) in [6.45, 7) is 4.02. The van der Waals surface area contributed by atoms with Crippen LogP contribution in [0.15, 0.2) is 41.3 Å². The van der Waals surface area contributed by atoms with E-state index < -0.39 is 17.6 Å². The summed E-state index contributed by atoms with van der Waals surface area (Å²) in [4.78, 5) is 23.8. The minimum Gasteiger partial charge on any atom is -0.480 e. The maximum Gasteiger partial charge on any atom is 0.326 e. The maximum atomic E-state index is 12.4. The third kappa shape index (κ3) is 4.14. The molecule has 7 heteroatoms. The van der Waals surface area contributed by atoms with Gasteiger partial charge in [0.1, 0.15) is 11.1 Å². The van der Waals surface area contributed by atoms with Gasteiger partial charge in [0, 0.05) is 0 Å². The van der Waals surface area contributed by atoms with Gasteiger partial charge in [0.05, 0.1) is 18.4 Å². The zero-order valence-electron chi connectivity index (χ0n) is 13.6. The number of halogens is 1. The maximum absolute atomic E-state index is 12.4. The number of carboxylic acid groups (broad SMARTS) is 1. The summed E-state index contributed by atoms with van der Waals surface area (Å²) in [5.41, 5.74) is 0.699. The fourth-order valence-electron chi connectivity index (χ4n) is 2.29. The van der Waals surface area contributed by atoms with Gasteiger partial charge < -0.3 is 10.4 Å². The molecule has 1 aromatic heterocycles. The van der Waals surface area contributed by atoms with E-state index in [4.69, 9.17) is 11.6 Å².